The summed E-state index contributed by atoms with van der Waals surface area (Å²) in [5.41, 5.74) is 0.955. The van der Waals surface area contributed by atoms with Gasteiger partial charge in [0.25, 0.3) is 0 Å². The molecule has 0 aromatic heterocycles. The molecule has 5 unspecified atom stereocenters. The van der Waals surface area contributed by atoms with Gasteiger partial charge in [0, 0.05) is 28.1 Å². The topological polar surface area (TPSA) is 60.4 Å². The number of carbonyl (C=O) groups excluding carboxylic acids is 3. The van der Waals surface area contributed by atoms with E-state index in [1.807, 2.05) is 30.3 Å². The zero-order valence-corrected chi connectivity index (χ0v) is 20.5. The summed E-state index contributed by atoms with van der Waals surface area (Å²) in [5, 5.41) is 0.153. The van der Waals surface area contributed by atoms with Crippen LogP contribution in [-0.4, -0.2) is 27.7 Å². The zero-order chi connectivity index (χ0) is 23.7. The molecule has 7 atom stereocenters. The van der Waals surface area contributed by atoms with E-state index in [2.05, 4.69) is 32.1 Å². The first-order valence-corrected chi connectivity index (χ1v) is 13.3. The highest BCUT2D eigenvalue weighted by Gasteiger charge is 2.66. The monoisotopic (exact) mass is 474 g/mol. The van der Waals surface area contributed by atoms with E-state index in [4.69, 9.17) is 4.74 Å². The van der Waals surface area contributed by atoms with Gasteiger partial charge in [0.1, 0.15) is 5.60 Å². The van der Waals surface area contributed by atoms with Gasteiger partial charge in [-0.25, -0.2) is 0 Å². The van der Waals surface area contributed by atoms with Crippen molar-refractivity contribution in [3.05, 3.63) is 71.8 Å². The van der Waals surface area contributed by atoms with Gasteiger partial charge in [-0.1, -0.05) is 79.7 Å². The third-order valence-electron chi connectivity index (χ3n) is 9.60. The second-order valence-corrected chi connectivity index (χ2v) is 12.3. The van der Waals surface area contributed by atoms with E-state index in [0.717, 1.165) is 31.3 Å². The van der Waals surface area contributed by atoms with Gasteiger partial charge in [-0.05, 0) is 55.6 Å². The summed E-state index contributed by atoms with van der Waals surface area (Å²) in [6.07, 6.45) is 14.1. The number of ketones is 1. The minimum atomic E-state index is -0.426. The largest absolute Gasteiger partial charge is 0.458 e. The van der Waals surface area contributed by atoms with Crippen LogP contribution in [0.4, 0.5) is 0 Å². The van der Waals surface area contributed by atoms with Crippen LogP contribution in [0.3, 0.4) is 0 Å². The van der Waals surface area contributed by atoms with E-state index in [0.29, 0.717) is 17.9 Å². The average molecular weight is 475 g/mol. The highest BCUT2D eigenvalue weighted by atomic mass is 32.2. The molecule has 6 rings (SSSR count). The van der Waals surface area contributed by atoms with E-state index < -0.39 is 5.60 Å². The molecule has 0 bridgehead atoms. The van der Waals surface area contributed by atoms with Crippen LogP contribution in [0.1, 0.15) is 56.3 Å². The van der Waals surface area contributed by atoms with Crippen molar-refractivity contribution >= 4 is 28.6 Å². The molecule has 1 saturated heterocycles. The number of allylic oxidation sites excluding steroid dienone is 5. The minimum absolute atomic E-state index is 0.0337. The third-order valence-corrected chi connectivity index (χ3v) is 10.8. The van der Waals surface area contributed by atoms with Crippen LogP contribution >= 0.6 is 11.8 Å². The van der Waals surface area contributed by atoms with Gasteiger partial charge in [-0.2, -0.15) is 0 Å². The lowest BCUT2D eigenvalue weighted by molar-refractivity contribution is -0.157. The van der Waals surface area contributed by atoms with Crippen LogP contribution in [0.25, 0.3) is 0 Å². The molecule has 0 N–H and O–H groups in total. The predicted molar refractivity (Wildman–Crippen MR) is 132 cm³/mol. The Balaban J connectivity index is 1.42. The van der Waals surface area contributed by atoms with Gasteiger partial charge in [0.15, 0.2) is 5.78 Å². The summed E-state index contributed by atoms with van der Waals surface area (Å²) >= 11 is 1.44. The van der Waals surface area contributed by atoms with Crippen molar-refractivity contribution in [3.63, 3.8) is 0 Å². The molecule has 34 heavy (non-hydrogen) atoms. The molecule has 176 valence electrons. The highest BCUT2D eigenvalue weighted by Crippen LogP contribution is 2.68. The van der Waals surface area contributed by atoms with Crippen LogP contribution in [0.2, 0.25) is 0 Å². The summed E-state index contributed by atoms with van der Waals surface area (Å²) in [6, 6.07) is 9.47. The van der Waals surface area contributed by atoms with Gasteiger partial charge in [0.2, 0.25) is 5.12 Å². The van der Waals surface area contributed by atoms with Crippen molar-refractivity contribution in [2.24, 2.45) is 28.6 Å². The Morgan fingerprint density at radius 2 is 1.88 bits per heavy atom. The fraction of sp³-hybridized carbons (Fsp3) is 0.483. The Labute approximate surface area is 204 Å². The smallest absolute Gasteiger partial charge is 0.306 e. The van der Waals surface area contributed by atoms with Crippen molar-refractivity contribution in [3.8, 4) is 0 Å². The van der Waals surface area contributed by atoms with Crippen LogP contribution < -0.4 is 0 Å². The van der Waals surface area contributed by atoms with Crippen LogP contribution in [0.5, 0.6) is 0 Å². The summed E-state index contributed by atoms with van der Waals surface area (Å²) in [5.74, 6) is 0.719. The molecule has 0 radical (unpaired) electrons. The number of ether oxygens (including phenoxy) is 1. The maximum atomic E-state index is 13.3. The first-order chi connectivity index (χ1) is 16.3. The average Bonchev–Trinajstić information content (AvgIpc) is 3.35. The Morgan fingerprint density at radius 3 is 2.62 bits per heavy atom. The molecule has 2 saturated carbocycles. The minimum Gasteiger partial charge on any atom is -0.458 e. The molecule has 1 heterocycles. The predicted octanol–water partition coefficient (Wildman–Crippen LogP) is 5.70. The van der Waals surface area contributed by atoms with E-state index >= 15 is 0 Å². The van der Waals surface area contributed by atoms with Gasteiger partial charge in [-0.3, -0.25) is 14.4 Å². The van der Waals surface area contributed by atoms with E-state index in [1.165, 1.54) is 11.8 Å². The lowest BCUT2D eigenvalue weighted by Gasteiger charge is -2.57. The number of carbonyl (C=O) groups is 3. The Hall–Kier alpha value is -2.40. The number of esters is 1. The molecule has 1 aliphatic heterocycles. The van der Waals surface area contributed by atoms with Crippen LogP contribution in [-0.2, 0) is 14.3 Å². The second-order valence-electron chi connectivity index (χ2n) is 11.1. The number of hydrogen-bond acceptors (Lipinski definition) is 5. The quantitative estimate of drug-likeness (QED) is 0.407. The summed E-state index contributed by atoms with van der Waals surface area (Å²) in [4.78, 5) is 37.8. The van der Waals surface area contributed by atoms with Crippen LogP contribution in [0.15, 0.2) is 66.3 Å². The van der Waals surface area contributed by atoms with E-state index in [-0.39, 0.29) is 44.8 Å². The molecular weight excluding hydrogens is 444 g/mol. The van der Waals surface area contributed by atoms with Gasteiger partial charge in [-0.15, -0.1) is 0 Å². The normalized spacial score (nSPS) is 42.1. The number of rotatable bonds is 2. The first kappa shape index (κ1) is 22.1. The zero-order valence-electron chi connectivity index (χ0n) is 19.7. The molecule has 5 aliphatic rings. The van der Waals surface area contributed by atoms with Crippen LogP contribution in [0, 0.1) is 28.6 Å². The number of thioether (sulfide) groups is 1. The summed E-state index contributed by atoms with van der Waals surface area (Å²) < 4.78 is 6.06. The number of fused-ring (bicyclic) bond motifs is 6. The molecular formula is C29H30O4S. The molecule has 5 heteroatoms. The van der Waals surface area contributed by atoms with Crippen molar-refractivity contribution in [1.82, 2.24) is 0 Å². The fourth-order valence-electron chi connectivity index (χ4n) is 7.71. The fourth-order valence-corrected chi connectivity index (χ4v) is 9.04. The first-order valence-electron chi connectivity index (χ1n) is 12.4. The molecule has 3 fully saturated rings. The maximum Gasteiger partial charge on any atom is 0.306 e. The van der Waals surface area contributed by atoms with E-state index in [1.54, 1.807) is 12.2 Å². The van der Waals surface area contributed by atoms with E-state index in [9.17, 15) is 14.4 Å². The molecule has 1 aromatic carbocycles. The molecule has 1 aromatic rings. The molecule has 4 aliphatic carbocycles. The molecule has 0 amide bonds. The lowest BCUT2D eigenvalue weighted by Crippen LogP contribution is -2.55. The lowest BCUT2D eigenvalue weighted by atomic mass is 9.49. The Kier molecular flexibility index (Phi) is 4.90. The van der Waals surface area contributed by atoms with Crippen molar-refractivity contribution in [2.45, 2.75) is 56.8 Å². The SMILES string of the molecule is CC12C=CC(=O)C=C1C[C@@H](SC(=O)c1ccccc1)C1C2C=CC2(C)C1CC[C@@]21CCC(=O)O1. The highest BCUT2D eigenvalue weighted by molar-refractivity contribution is 8.14. The van der Waals surface area contributed by atoms with Gasteiger partial charge in [0.05, 0.1) is 0 Å². The van der Waals surface area contributed by atoms with Gasteiger partial charge < -0.3 is 4.74 Å². The molecule has 1 spiro atoms. The van der Waals surface area contributed by atoms with Crippen molar-refractivity contribution in [2.75, 3.05) is 0 Å². The second kappa shape index (κ2) is 7.55. The maximum absolute atomic E-state index is 13.3. The molecule has 4 nitrogen and oxygen atoms in total. The van der Waals surface area contributed by atoms with Crippen molar-refractivity contribution < 1.29 is 19.1 Å². The number of hydrogen-bond donors (Lipinski definition) is 0. The summed E-state index contributed by atoms with van der Waals surface area (Å²) in [6.45, 7) is 4.51. The standard InChI is InChI=1S/C29H30O4S/c1-27-12-8-20(30)16-19(27)17-23(34-26(32)18-6-4-3-5-7-18)25-21(27)9-13-28(2)22(25)10-14-29(28)15-11-24(31)33-29/h3-9,12-13,16,21-23,25H,10-11,14-15,17H2,1-2H3/t21?,22?,23-,25?,27?,28?,29-/m1/s1. The Morgan fingerprint density at radius 1 is 1.09 bits per heavy atom. The Bertz CT molecular complexity index is 1170. The summed E-state index contributed by atoms with van der Waals surface area (Å²) in [7, 11) is 0. The van der Waals surface area contributed by atoms with Gasteiger partial charge >= 0.3 is 5.97 Å². The third kappa shape index (κ3) is 3.02. The van der Waals surface area contributed by atoms with Crippen molar-refractivity contribution in [1.29, 1.82) is 0 Å². The number of benzene rings is 1.